The Morgan fingerprint density at radius 3 is 2.55 bits per heavy atom. The maximum Gasteiger partial charge on any atom is 0.307 e. The quantitative estimate of drug-likeness (QED) is 0.736. The molecule has 1 rings (SSSR count). The molecule has 1 heterocycles. The Balaban J connectivity index is 2.84. The number of nitrogens with zero attached hydrogens (tertiary/aromatic N) is 2. The number of aromatic nitrogens is 1. The molecule has 0 radical (unpaired) electrons. The number of carbonyl (C=O) groups excluding carboxylic acids is 1. The highest BCUT2D eigenvalue weighted by molar-refractivity contribution is 7.07. The lowest BCUT2D eigenvalue weighted by Crippen LogP contribution is -2.44. The number of hydrogen-bond donors (Lipinski definition) is 0. The van der Waals surface area contributed by atoms with Crippen molar-refractivity contribution in [1.82, 2.24) is 9.47 Å². The smallest absolute Gasteiger partial charge is 0.307 e. The van der Waals surface area contributed by atoms with Gasteiger partial charge in [-0.3, -0.25) is 14.2 Å². The van der Waals surface area contributed by atoms with Crippen LogP contribution in [0, 0.1) is 6.92 Å². The SMILES string of the molecule is CCC(CC)N(CCOC)C(=O)Cn1c(C)csc1=O. The molecule has 0 unspecified atom stereocenters. The van der Waals surface area contributed by atoms with Gasteiger partial charge in [0.2, 0.25) is 5.91 Å². The van der Waals surface area contributed by atoms with Gasteiger partial charge in [0.15, 0.2) is 0 Å². The lowest BCUT2D eigenvalue weighted by atomic mass is 10.1. The van der Waals surface area contributed by atoms with Gasteiger partial charge in [-0.25, -0.2) is 0 Å². The van der Waals surface area contributed by atoms with E-state index in [1.165, 1.54) is 4.57 Å². The molecule has 0 aliphatic heterocycles. The molecule has 5 nitrogen and oxygen atoms in total. The van der Waals surface area contributed by atoms with Gasteiger partial charge in [0.05, 0.1) is 6.61 Å². The molecule has 1 amide bonds. The van der Waals surface area contributed by atoms with Crippen molar-refractivity contribution in [2.24, 2.45) is 0 Å². The molecule has 0 aliphatic rings. The van der Waals surface area contributed by atoms with E-state index in [9.17, 15) is 9.59 Å². The van der Waals surface area contributed by atoms with Crippen molar-refractivity contribution in [3.63, 3.8) is 0 Å². The Labute approximate surface area is 124 Å². The summed E-state index contributed by atoms with van der Waals surface area (Å²) in [7, 11) is 1.63. The van der Waals surface area contributed by atoms with E-state index in [1.54, 1.807) is 12.5 Å². The van der Waals surface area contributed by atoms with Crippen molar-refractivity contribution in [1.29, 1.82) is 0 Å². The van der Waals surface area contributed by atoms with Crippen LogP contribution in [0.25, 0.3) is 0 Å². The van der Waals surface area contributed by atoms with E-state index >= 15 is 0 Å². The van der Waals surface area contributed by atoms with Crippen LogP contribution in [0.2, 0.25) is 0 Å². The van der Waals surface area contributed by atoms with Crippen LogP contribution in [0.3, 0.4) is 0 Å². The zero-order valence-electron chi connectivity index (χ0n) is 12.7. The molecule has 1 aromatic heterocycles. The molecule has 0 aliphatic carbocycles. The van der Waals surface area contributed by atoms with Gasteiger partial charge < -0.3 is 9.64 Å². The van der Waals surface area contributed by atoms with Crippen LogP contribution in [0.5, 0.6) is 0 Å². The highest BCUT2D eigenvalue weighted by atomic mass is 32.1. The fraction of sp³-hybridized carbons (Fsp3) is 0.714. The van der Waals surface area contributed by atoms with Crippen LogP contribution < -0.4 is 4.87 Å². The summed E-state index contributed by atoms with van der Waals surface area (Å²) in [5, 5.41) is 1.78. The Kier molecular flexibility index (Phi) is 6.95. The number of thiazole rings is 1. The van der Waals surface area contributed by atoms with Gasteiger partial charge in [-0.05, 0) is 19.8 Å². The van der Waals surface area contributed by atoms with Crippen LogP contribution >= 0.6 is 11.3 Å². The first-order chi connectivity index (χ1) is 9.54. The second-order valence-corrected chi connectivity index (χ2v) is 5.60. The van der Waals surface area contributed by atoms with Gasteiger partial charge in [-0.1, -0.05) is 25.2 Å². The van der Waals surface area contributed by atoms with Gasteiger partial charge in [0.1, 0.15) is 6.54 Å². The summed E-state index contributed by atoms with van der Waals surface area (Å²) in [5.41, 5.74) is 0.838. The number of methoxy groups -OCH3 is 1. The molecular weight excluding hydrogens is 276 g/mol. The molecule has 0 atom stereocenters. The minimum Gasteiger partial charge on any atom is -0.383 e. The second kappa shape index (κ2) is 8.21. The molecule has 0 spiro atoms. The molecule has 0 N–H and O–H groups in total. The fourth-order valence-corrected chi connectivity index (χ4v) is 2.99. The van der Waals surface area contributed by atoms with Gasteiger partial charge in [-0.2, -0.15) is 0 Å². The van der Waals surface area contributed by atoms with Gasteiger partial charge >= 0.3 is 4.87 Å². The molecule has 1 aromatic rings. The van der Waals surface area contributed by atoms with Crippen molar-refractivity contribution < 1.29 is 9.53 Å². The molecule has 6 heteroatoms. The zero-order chi connectivity index (χ0) is 15.1. The Hall–Kier alpha value is -1.14. The average Bonchev–Trinajstić information content (AvgIpc) is 2.75. The Morgan fingerprint density at radius 2 is 2.10 bits per heavy atom. The van der Waals surface area contributed by atoms with Crippen LogP contribution in [0.15, 0.2) is 10.2 Å². The van der Waals surface area contributed by atoms with Crippen molar-refractivity contribution in [3.8, 4) is 0 Å². The molecule has 0 saturated heterocycles. The van der Waals surface area contributed by atoms with Crippen LogP contribution in [-0.2, 0) is 16.1 Å². The predicted molar refractivity (Wildman–Crippen MR) is 81.3 cm³/mol. The first-order valence-corrected chi connectivity index (χ1v) is 7.86. The third-order valence-corrected chi connectivity index (χ3v) is 4.39. The molecule has 20 heavy (non-hydrogen) atoms. The Bertz CT molecular complexity index is 477. The largest absolute Gasteiger partial charge is 0.383 e. The number of aryl methyl sites for hydroxylation is 1. The standard InChI is InChI=1S/C14H24N2O3S/c1-5-12(6-2)15(7-8-19-4)13(17)9-16-11(3)10-20-14(16)18/h10,12H,5-9H2,1-4H3. The number of amides is 1. The van der Waals surface area contributed by atoms with Crippen molar-refractivity contribution >= 4 is 17.2 Å². The fourth-order valence-electron chi connectivity index (χ4n) is 2.25. The number of hydrogen-bond acceptors (Lipinski definition) is 4. The molecule has 0 aromatic carbocycles. The monoisotopic (exact) mass is 300 g/mol. The molecule has 0 saturated carbocycles. The first kappa shape index (κ1) is 16.9. The average molecular weight is 300 g/mol. The molecule has 0 bridgehead atoms. The van der Waals surface area contributed by atoms with Crippen LogP contribution in [0.4, 0.5) is 0 Å². The lowest BCUT2D eigenvalue weighted by Gasteiger charge is -2.30. The van der Waals surface area contributed by atoms with Crippen LogP contribution in [0.1, 0.15) is 32.4 Å². The second-order valence-electron chi connectivity index (χ2n) is 4.78. The van der Waals surface area contributed by atoms with E-state index in [2.05, 4.69) is 13.8 Å². The highest BCUT2D eigenvalue weighted by Crippen LogP contribution is 2.10. The van der Waals surface area contributed by atoms with E-state index in [-0.39, 0.29) is 23.4 Å². The van der Waals surface area contributed by atoms with E-state index < -0.39 is 0 Å². The van der Waals surface area contributed by atoms with E-state index in [0.717, 1.165) is 29.9 Å². The van der Waals surface area contributed by atoms with E-state index in [1.807, 2.05) is 11.8 Å². The number of carbonyl (C=O) groups is 1. The maximum atomic E-state index is 12.5. The first-order valence-electron chi connectivity index (χ1n) is 6.98. The molecule has 114 valence electrons. The van der Waals surface area contributed by atoms with Crippen molar-refractivity contribution in [2.45, 2.75) is 46.2 Å². The van der Waals surface area contributed by atoms with E-state index in [4.69, 9.17) is 4.74 Å². The van der Waals surface area contributed by atoms with Crippen molar-refractivity contribution in [3.05, 3.63) is 20.7 Å². The van der Waals surface area contributed by atoms with Crippen molar-refractivity contribution in [2.75, 3.05) is 20.3 Å². The normalized spacial score (nSPS) is 11.1. The van der Waals surface area contributed by atoms with Gasteiger partial charge in [0, 0.05) is 30.8 Å². The highest BCUT2D eigenvalue weighted by Gasteiger charge is 2.21. The topological polar surface area (TPSA) is 51.5 Å². The van der Waals surface area contributed by atoms with E-state index in [0.29, 0.717) is 13.2 Å². The summed E-state index contributed by atoms with van der Waals surface area (Å²) in [4.78, 5) is 26.0. The number of rotatable bonds is 8. The summed E-state index contributed by atoms with van der Waals surface area (Å²) in [6, 6.07) is 0.201. The molecular formula is C14H24N2O3S. The molecule has 0 fully saturated rings. The third kappa shape index (κ3) is 4.18. The predicted octanol–water partition coefficient (Wildman–Crippen LogP) is 1.88. The number of ether oxygens (including phenoxy) is 1. The summed E-state index contributed by atoms with van der Waals surface area (Å²) in [6.07, 6.45) is 1.81. The summed E-state index contributed by atoms with van der Waals surface area (Å²) < 4.78 is 6.62. The minimum absolute atomic E-state index is 0.0145. The Morgan fingerprint density at radius 1 is 1.45 bits per heavy atom. The third-order valence-electron chi connectivity index (χ3n) is 3.51. The van der Waals surface area contributed by atoms with Crippen LogP contribution in [-0.4, -0.2) is 41.7 Å². The zero-order valence-corrected chi connectivity index (χ0v) is 13.5. The summed E-state index contributed by atoms with van der Waals surface area (Å²) in [5.74, 6) is -0.0145. The minimum atomic E-state index is -0.0768. The van der Waals surface area contributed by atoms with Gasteiger partial charge in [0.25, 0.3) is 0 Å². The summed E-state index contributed by atoms with van der Waals surface area (Å²) >= 11 is 1.13. The maximum absolute atomic E-state index is 12.5. The summed E-state index contributed by atoms with van der Waals surface area (Å²) in [6.45, 7) is 7.20. The van der Waals surface area contributed by atoms with Gasteiger partial charge in [-0.15, -0.1) is 0 Å². The lowest BCUT2D eigenvalue weighted by molar-refractivity contribution is -0.135.